The molecule has 1 heterocycles. The van der Waals surface area contributed by atoms with E-state index < -0.39 is 0 Å². The summed E-state index contributed by atoms with van der Waals surface area (Å²) in [5, 5.41) is 2.92. The molecule has 0 aliphatic heterocycles. The molecule has 1 amide bonds. The van der Waals surface area contributed by atoms with Crippen molar-refractivity contribution in [3.8, 4) is 0 Å². The second-order valence-corrected chi connectivity index (χ2v) is 6.35. The van der Waals surface area contributed by atoms with Crippen molar-refractivity contribution < 1.29 is 4.79 Å². The van der Waals surface area contributed by atoms with Crippen molar-refractivity contribution in [3.05, 3.63) is 45.6 Å². The first-order valence-electron chi connectivity index (χ1n) is 5.62. The predicted molar refractivity (Wildman–Crippen MR) is 80.0 cm³/mol. The van der Waals surface area contributed by atoms with Crippen molar-refractivity contribution in [2.75, 3.05) is 11.6 Å². The van der Waals surface area contributed by atoms with Crippen LogP contribution in [-0.2, 0) is 0 Å². The highest BCUT2D eigenvalue weighted by atomic mass is 32.2. The Balaban J connectivity index is 2.13. The van der Waals surface area contributed by atoms with Gasteiger partial charge in [-0.2, -0.15) is 0 Å². The average molecular weight is 277 g/mol. The van der Waals surface area contributed by atoms with E-state index in [4.69, 9.17) is 0 Å². The minimum atomic E-state index is -0.0336. The molecule has 94 valence electrons. The van der Waals surface area contributed by atoms with Gasteiger partial charge in [0.1, 0.15) is 0 Å². The highest BCUT2D eigenvalue weighted by Crippen LogP contribution is 2.22. The number of rotatable bonds is 3. The Morgan fingerprint density at radius 3 is 2.39 bits per heavy atom. The van der Waals surface area contributed by atoms with Crippen molar-refractivity contribution >= 4 is 34.7 Å². The van der Waals surface area contributed by atoms with Crippen LogP contribution in [0.2, 0.25) is 0 Å². The second-order valence-electron chi connectivity index (χ2n) is 4.01. The lowest BCUT2D eigenvalue weighted by Gasteiger charge is -2.05. The van der Waals surface area contributed by atoms with Crippen LogP contribution in [0.25, 0.3) is 0 Å². The molecule has 0 aliphatic rings. The Kier molecular flexibility index (Phi) is 4.09. The third kappa shape index (κ3) is 2.94. The molecule has 0 fully saturated rings. The number of carbonyl (C=O) groups excluding carboxylic acids is 1. The monoisotopic (exact) mass is 277 g/mol. The highest BCUT2D eigenvalue weighted by molar-refractivity contribution is 7.98. The van der Waals surface area contributed by atoms with Gasteiger partial charge in [0.25, 0.3) is 5.91 Å². The summed E-state index contributed by atoms with van der Waals surface area (Å²) >= 11 is 3.34. The maximum absolute atomic E-state index is 12.1. The van der Waals surface area contributed by atoms with Crippen molar-refractivity contribution in [1.82, 2.24) is 0 Å². The number of aryl methyl sites for hydroxylation is 2. The number of anilines is 1. The molecule has 2 rings (SSSR count). The van der Waals surface area contributed by atoms with Gasteiger partial charge in [-0.15, -0.1) is 23.1 Å². The number of carbonyl (C=O) groups is 1. The Hall–Kier alpha value is -1.26. The first-order chi connectivity index (χ1) is 8.60. The Morgan fingerprint density at radius 2 is 1.89 bits per heavy atom. The molecule has 0 saturated carbocycles. The van der Waals surface area contributed by atoms with Crippen LogP contribution in [-0.4, -0.2) is 12.2 Å². The third-order valence-corrected chi connectivity index (χ3v) is 4.34. The number of benzene rings is 1. The normalized spacial score (nSPS) is 10.4. The van der Waals surface area contributed by atoms with Crippen molar-refractivity contribution in [2.45, 2.75) is 18.7 Å². The van der Waals surface area contributed by atoms with Crippen molar-refractivity contribution in [2.24, 2.45) is 0 Å². The van der Waals surface area contributed by atoms with Crippen LogP contribution in [0.4, 0.5) is 5.69 Å². The van der Waals surface area contributed by atoms with Crippen molar-refractivity contribution in [3.63, 3.8) is 0 Å². The van der Waals surface area contributed by atoms with E-state index in [0.717, 1.165) is 21.0 Å². The second kappa shape index (κ2) is 5.59. The molecule has 0 spiro atoms. The Bertz CT molecular complexity index is 558. The molecule has 1 aromatic carbocycles. The zero-order chi connectivity index (χ0) is 13.1. The number of hydrogen-bond acceptors (Lipinski definition) is 3. The predicted octanol–water partition coefficient (Wildman–Crippen LogP) is 4.34. The summed E-state index contributed by atoms with van der Waals surface area (Å²) in [7, 11) is 0. The maximum Gasteiger partial charge on any atom is 0.256 e. The summed E-state index contributed by atoms with van der Waals surface area (Å²) in [6.45, 7) is 3.99. The van der Waals surface area contributed by atoms with Gasteiger partial charge < -0.3 is 5.32 Å². The molecule has 0 bridgehead atoms. The fourth-order valence-corrected chi connectivity index (χ4v) is 3.06. The van der Waals surface area contributed by atoms with Crippen molar-refractivity contribution in [1.29, 1.82) is 0 Å². The largest absolute Gasteiger partial charge is 0.322 e. The molecular weight excluding hydrogens is 262 g/mol. The van der Waals surface area contributed by atoms with E-state index >= 15 is 0 Å². The van der Waals surface area contributed by atoms with Gasteiger partial charge in [-0.05, 0) is 50.4 Å². The fraction of sp³-hybridized carbons (Fsp3) is 0.214. The Labute approximate surface area is 115 Å². The van der Waals surface area contributed by atoms with Crippen LogP contribution in [0.15, 0.2) is 35.2 Å². The highest BCUT2D eigenvalue weighted by Gasteiger charge is 2.11. The topological polar surface area (TPSA) is 29.1 Å². The molecule has 1 aromatic heterocycles. The van der Waals surface area contributed by atoms with Gasteiger partial charge in [0.05, 0.1) is 5.56 Å². The van der Waals surface area contributed by atoms with E-state index in [1.165, 1.54) is 4.90 Å². The molecule has 0 saturated heterocycles. The molecule has 0 radical (unpaired) electrons. The number of nitrogens with one attached hydrogen (secondary N) is 1. The van der Waals surface area contributed by atoms with E-state index in [1.807, 2.05) is 50.4 Å². The van der Waals surface area contributed by atoms with Crippen LogP contribution in [0, 0.1) is 13.8 Å². The minimum Gasteiger partial charge on any atom is -0.322 e. The van der Waals surface area contributed by atoms with E-state index in [9.17, 15) is 4.79 Å². The Morgan fingerprint density at radius 1 is 1.22 bits per heavy atom. The van der Waals surface area contributed by atoms with E-state index in [2.05, 4.69) is 5.32 Å². The SMILES string of the molecule is CSc1ccc(NC(=O)c2cc(C)sc2C)cc1. The van der Waals surface area contributed by atoms with Gasteiger partial charge in [0, 0.05) is 20.3 Å². The van der Waals surface area contributed by atoms with Gasteiger partial charge >= 0.3 is 0 Å². The molecule has 0 atom stereocenters. The molecule has 0 aliphatic carbocycles. The summed E-state index contributed by atoms with van der Waals surface area (Å²) in [6, 6.07) is 9.81. The number of hydrogen-bond donors (Lipinski definition) is 1. The summed E-state index contributed by atoms with van der Waals surface area (Å²) in [5.41, 5.74) is 1.60. The zero-order valence-electron chi connectivity index (χ0n) is 10.6. The standard InChI is InChI=1S/C14H15NOS2/c1-9-8-13(10(2)18-9)14(16)15-11-4-6-12(17-3)7-5-11/h4-8H,1-3H3,(H,15,16). The quantitative estimate of drug-likeness (QED) is 0.846. The van der Waals surface area contributed by atoms with Gasteiger partial charge in [-0.25, -0.2) is 0 Å². The molecule has 0 unspecified atom stereocenters. The molecule has 2 aromatic rings. The first kappa shape index (κ1) is 13.2. The van der Waals surface area contributed by atoms with E-state index in [-0.39, 0.29) is 5.91 Å². The summed E-state index contributed by atoms with van der Waals surface area (Å²) < 4.78 is 0. The van der Waals surface area contributed by atoms with Gasteiger partial charge in [-0.3, -0.25) is 4.79 Å². The number of amides is 1. The molecular formula is C14H15NOS2. The summed E-state index contributed by atoms with van der Waals surface area (Å²) in [4.78, 5) is 15.5. The van der Waals surface area contributed by atoms with Crippen LogP contribution in [0.5, 0.6) is 0 Å². The maximum atomic E-state index is 12.1. The molecule has 2 nitrogen and oxygen atoms in total. The van der Waals surface area contributed by atoms with Crippen LogP contribution in [0.3, 0.4) is 0 Å². The van der Waals surface area contributed by atoms with Crippen LogP contribution < -0.4 is 5.32 Å². The molecule has 18 heavy (non-hydrogen) atoms. The number of thiophene rings is 1. The van der Waals surface area contributed by atoms with Gasteiger partial charge in [0.15, 0.2) is 0 Å². The van der Waals surface area contributed by atoms with Gasteiger partial charge in [0.2, 0.25) is 0 Å². The van der Waals surface area contributed by atoms with Crippen LogP contribution >= 0.6 is 23.1 Å². The van der Waals surface area contributed by atoms with E-state index in [0.29, 0.717) is 0 Å². The fourth-order valence-electron chi connectivity index (χ4n) is 1.73. The lowest BCUT2D eigenvalue weighted by Crippen LogP contribution is -2.11. The first-order valence-corrected chi connectivity index (χ1v) is 7.66. The minimum absolute atomic E-state index is 0.0336. The van der Waals surface area contributed by atoms with Gasteiger partial charge in [-0.1, -0.05) is 0 Å². The average Bonchev–Trinajstić information content (AvgIpc) is 2.69. The lowest BCUT2D eigenvalue weighted by atomic mass is 10.2. The third-order valence-electron chi connectivity index (χ3n) is 2.63. The summed E-state index contributed by atoms with van der Waals surface area (Å²) in [6.07, 6.45) is 2.03. The van der Waals surface area contributed by atoms with E-state index in [1.54, 1.807) is 23.1 Å². The summed E-state index contributed by atoms with van der Waals surface area (Å²) in [5.74, 6) is -0.0336. The van der Waals surface area contributed by atoms with Crippen LogP contribution in [0.1, 0.15) is 20.1 Å². The molecule has 1 N–H and O–H groups in total. The molecule has 4 heteroatoms. The lowest BCUT2D eigenvalue weighted by molar-refractivity contribution is 0.102. The smallest absolute Gasteiger partial charge is 0.256 e. The zero-order valence-corrected chi connectivity index (χ0v) is 12.2. The number of thioether (sulfide) groups is 1.